The highest BCUT2D eigenvalue weighted by Gasteiger charge is 2.30. The van der Waals surface area contributed by atoms with E-state index < -0.39 is 0 Å². The lowest BCUT2D eigenvalue weighted by atomic mass is 9.99. The first-order chi connectivity index (χ1) is 13.6. The fourth-order valence-electron chi connectivity index (χ4n) is 3.73. The van der Waals surface area contributed by atoms with Crippen LogP contribution in [-0.4, -0.2) is 75.1 Å². The van der Waals surface area contributed by atoms with Gasteiger partial charge < -0.3 is 14.2 Å². The van der Waals surface area contributed by atoms with Crippen molar-refractivity contribution in [3.8, 4) is 11.4 Å². The number of piperidine rings is 1. The molecule has 2 aromatic rings. The van der Waals surface area contributed by atoms with Gasteiger partial charge in [-0.15, -0.1) is 0 Å². The number of ether oxygens (including phenoxy) is 1. The van der Waals surface area contributed by atoms with E-state index in [1.165, 1.54) is 6.33 Å². The minimum Gasteiger partial charge on any atom is -0.368 e. The lowest BCUT2D eigenvalue weighted by Crippen LogP contribution is -2.48. The Balaban J connectivity index is 1.45. The van der Waals surface area contributed by atoms with Gasteiger partial charge in [-0.2, -0.15) is 4.98 Å². The van der Waals surface area contributed by atoms with Crippen LogP contribution in [0.15, 0.2) is 17.0 Å². The number of aromatic nitrogens is 4. The third-order valence-corrected chi connectivity index (χ3v) is 5.47. The van der Waals surface area contributed by atoms with Crippen LogP contribution in [0.2, 0.25) is 0 Å². The summed E-state index contributed by atoms with van der Waals surface area (Å²) in [5, 5.41) is 3.97. The molecule has 2 fully saturated rings. The van der Waals surface area contributed by atoms with Gasteiger partial charge in [0.15, 0.2) is 0 Å². The van der Waals surface area contributed by atoms with Crippen molar-refractivity contribution < 1.29 is 14.1 Å². The molecule has 0 N–H and O–H groups in total. The summed E-state index contributed by atoms with van der Waals surface area (Å²) >= 11 is 0. The predicted octanol–water partition coefficient (Wildman–Crippen LogP) is 1.47. The number of carbonyl (C=O) groups excluding carboxylic acids is 1. The minimum absolute atomic E-state index is 0.147. The molecule has 1 amide bonds. The summed E-state index contributed by atoms with van der Waals surface area (Å²) in [6, 6.07) is 0. The van der Waals surface area contributed by atoms with E-state index in [-0.39, 0.29) is 12.0 Å². The number of likely N-dealkylation sites (tertiary alicyclic amines) is 1. The van der Waals surface area contributed by atoms with E-state index in [1.807, 2.05) is 4.90 Å². The van der Waals surface area contributed by atoms with Crippen molar-refractivity contribution in [2.75, 3.05) is 39.3 Å². The second-order valence-corrected chi connectivity index (χ2v) is 7.62. The fraction of sp³-hybridized carbons (Fsp3) is 0.632. The van der Waals surface area contributed by atoms with Crippen LogP contribution >= 0.6 is 0 Å². The average Bonchev–Trinajstić information content (AvgIpc) is 3.16. The molecule has 9 heteroatoms. The van der Waals surface area contributed by atoms with Gasteiger partial charge in [-0.25, -0.2) is 9.97 Å². The second-order valence-electron chi connectivity index (χ2n) is 7.62. The SMILES string of the molecule is Cc1nc(-c2cncnc2[C@H]2CN(C(=O)CN3CCC(C)CC3)CCO2)no1. The highest BCUT2D eigenvalue weighted by molar-refractivity contribution is 5.78. The maximum absolute atomic E-state index is 12.8. The van der Waals surface area contributed by atoms with E-state index in [9.17, 15) is 4.79 Å². The third kappa shape index (κ3) is 4.20. The van der Waals surface area contributed by atoms with E-state index in [4.69, 9.17) is 9.26 Å². The number of carbonyl (C=O) groups is 1. The number of nitrogens with zero attached hydrogens (tertiary/aromatic N) is 6. The standard InChI is InChI=1S/C19H26N6O3/c1-13-3-5-24(6-4-13)11-17(26)25-7-8-27-16(10-25)18-15(9-20-12-21-18)19-22-14(2)28-23-19/h9,12-13,16H,3-8,10-11H2,1-2H3/t16-/m1/s1. The Kier molecular flexibility index (Phi) is 5.63. The highest BCUT2D eigenvalue weighted by atomic mass is 16.5. The van der Waals surface area contributed by atoms with Crippen LogP contribution in [-0.2, 0) is 9.53 Å². The molecule has 150 valence electrons. The lowest BCUT2D eigenvalue weighted by Gasteiger charge is -2.36. The topological polar surface area (TPSA) is 97.5 Å². The number of morpholine rings is 1. The first kappa shape index (κ1) is 18.9. The molecule has 28 heavy (non-hydrogen) atoms. The zero-order valence-electron chi connectivity index (χ0n) is 16.4. The quantitative estimate of drug-likeness (QED) is 0.779. The van der Waals surface area contributed by atoms with Gasteiger partial charge in [-0.05, 0) is 31.8 Å². The summed E-state index contributed by atoms with van der Waals surface area (Å²) in [6.45, 7) is 8.00. The zero-order valence-corrected chi connectivity index (χ0v) is 16.4. The molecule has 0 aromatic carbocycles. The normalized spacial score (nSPS) is 21.8. The van der Waals surface area contributed by atoms with E-state index in [0.717, 1.165) is 31.8 Å². The van der Waals surface area contributed by atoms with Crippen molar-refractivity contribution in [3.05, 3.63) is 24.1 Å². The first-order valence-corrected chi connectivity index (χ1v) is 9.82. The van der Waals surface area contributed by atoms with Gasteiger partial charge in [0.2, 0.25) is 17.6 Å². The van der Waals surface area contributed by atoms with Gasteiger partial charge in [0.05, 0.1) is 31.0 Å². The van der Waals surface area contributed by atoms with Crippen LogP contribution in [0.5, 0.6) is 0 Å². The lowest BCUT2D eigenvalue weighted by molar-refractivity contribution is -0.140. The Morgan fingerprint density at radius 2 is 2.11 bits per heavy atom. The maximum Gasteiger partial charge on any atom is 0.236 e. The highest BCUT2D eigenvalue weighted by Crippen LogP contribution is 2.28. The molecule has 2 saturated heterocycles. The number of aryl methyl sites for hydroxylation is 1. The Morgan fingerprint density at radius 3 is 2.86 bits per heavy atom. The smallest absolute Gasteiger partial charge is 0.236 e. The van der Waals surface area contributed by atoms with Gasteiger partial charge >= 0.3 is 0 Å². The molecule has 9 nitrogen and oxygen atoms in total. The van der Waals surface area contributed by atoms with E-state index in [2.05, 4.69) is 31.9 Å². The molecule has 1 atom stereocenters. The molecule has 0 spiro atoms. The van der Waals surface area contributed by atoms with Gasteiger partial charge in [0.25, 0.3) is 0 Å². The first-order valence-electron chi connectivity index (χ1n) is 9.82. The molecule has 0 bridgehead atoms. The zero-order chi connectivity index (χ0) is 19.5. The van der Waals surface area contributed by atoms with Crippen molar-refractivity contribution in [1.29, 1.82) is 0 Å². The Bertz CT molecular complexity index is 818. The van der Waals surface area contributed by atoms with Crippen LogP contribution < -0.4 is 0 Å². The van der Waals surface area contributed by atoms with Gasteiger partial charge in [0.1, 0.15) is 12.4 Å². The summed E-state index contributed by atoms with van der Waals surface area (Å²) < 4.78 is 11.0. The van der Waals surface area contributed by atoms with Gasteiger partial charge in [-0.1, -0.05) is 12.1 Å². The molecule has 2 aromatic heterocycles. The monoisotopic (exact) mass is 386 g/mol. The van der Waals surface area contributed by atoms with Crippen molar-refractivity contribution in [3.63, 3.8) is 0 Å². The van der Waals surface area contributed by atoms with Crippen LogP contribution in [0.1, 0.15) is 37.5 Å². The van der Waals surface area contributed by atoms with Crippen molar-refractivity contribution >= 4 is 5.91 Å². The molecule has 4 heterocycles. The summed E-state index contributed by atoms with van der Waals surface area (Å²) in [5.74, 6) is 1.81. The Hall–Kier alpha value is -2.39. The number of rotatable bonds is 4. The van der Waals surface area contributed by atoms with Crippen LogP contribution in [0, 0.1) is 12.8 Å². The van der Waals surface area contributed by atoms with Gasteiger partial charge in [-0.3, -0.25) is 9.69 Å². The van der Waals surface area contributed by atoms with Crippen LogP contribution in [0.25, 0.3) is 11.4 Å². The molecular formula is C19H26N6O3. The average molecular weight is 386 g/mol. The molecule has 0 radical (unpaired) electrons. The van der Waals surface area contributed by atoms with Crippen LogP contribution in [0.4, 0.5) is 0 Å². The van der Waals surface area contributed by atoms with E-state index in [0.29, 0.717) is 49.2 Å². The van der Waals surface area contributed by atoms with E-state index in [1.54, 1.807) is 13.1 Å². The summed E-state index contributed by atoms with van der Waals surface area (Å²) in [5.41, 5.74) is 1.35. The van der Waals surface area contributed by atoms with Crippen molar-refractivity contribution in [2.45, 2.75) is 32.8 Å². The predicted molar refractivity (Wildman–Crippen MR) is 100 cm³/mol. The number of amides is 1. The molecule has 4 rings (SSSR count). The third-order valence-electron chi connectivity index (χ3n) is 5.47. The Morgan fingerprint density at radius 1 is 1.29 bits per heavy atom. The molecule has 0 aliphatic carbocycles. The van der Waals surface area contributed by atoms with Crippen LogP contribution in [0.3, 0.4) is 0 Å². The fourth-order valence-corrected chi connectivity index (χ4v) is 3.73. The van der Waals surface area contributed by atoms with Crippen molar-refractivity contribution in [2.24, 2.45) is 5.92 Å². The number of hydrogen-bond acceptors (Lipinski definition) is 8. The number of hydrogen-bond donors (Lipinski definition) is 0. The summed E-state index contributed by atoms with van der Waals surface area (Å²) in [4.78, 5) is 29.7. The molecule has 2 aliphatic rings. The summed E-state index contributed by atoms with van der Waals surface area (Å²) in [7, 11) is 0. The largest absolute Gasteiger partial charge is 0.368 e. The van der Waals surface area contributed by atoms with E-state index >= 15 is 0 Å². The molecular weight excluding hydrogens is 360 g/mol. The summed E-state index contributed by atoms with van der Waals surface area (Å²) in [6.07, 6.45) is 5.12. The minimum atomic E-state index is -0.337. The van der Waals surface area contributed by atoms with Gasteiger partial charge in [0, 0.05) is 19.7 Å². The molecule has 0 unspecified atom stereocenters. The Labute approximate surface area is 164 Å². The molecule has 0 saturated carbocycles. The maximum atomic E-state index is 12.8. The van der Waals surface area contributed by atoms with Crippen molar-refractivity contribution in [1.82, 2.24) is 29.9 Å². The second kappa shape index (κ2) is 8.32. The molecule has 2 aliphatic heterocycles.